The summed E-state index contributed by atoms with van der Waals surface area (Å²) in [6.45, 7) is 0. The molecule has 0 aliphatic heterocycles. The van der Waals surface area contributed by atoms with Crippen LogP contribution in [-0.2, 0) is 5.75 Å². The van der Waals surface area contributed by atoms with Crippen molar-refractivity contribution in [1.82, 2.24) is 20.2 Å². The Morgan fingerprint density at radius 3 is 2.54 bits per heavy atom. The molecule has 0 saturated heterocycles. The van der Waals surface area contributed by atoms with Crippen LogP contribution in [0.3, 0.4) is 0 Å². The molecule has 0 fully saturated rings. The average molecular weight is 480 g/mol. The minimum atomic E-state index is -0.388. The molecular weight excluding hydrogens is 462 g/mol. The van der Waals surface area contributed by atoms with Gasteiger partial charge in [0.05, 0.1) is 16.1 Å². The van der Waals surface area contributed by atoms with Gasteiger partial charge in [0.25, 0.3) is 16.8 Å². The molecule has 170 valence electrons. The Morgan fingerprint density at radius 2 is 1.69 bits per heavy atom. The van der Waals surface area contributed by atoms with Gasteiger partial charge in [-0.3, -0.25) is 10.1 Å². The molecule has 1 N–H and O–H groups in total. The zero-order valence-corrected chi connectivity index (χ0v) is 19.0. The van der Waals surface area contributed by atoms with Crippen LogP contribution in [-0.4, -0.2) is 25.1 Å². The van der Waals surface area contributed by atoms with Crippen molar-refractivity contribution >= 4 is 39.3 Å². The summed E-state index contributed by atoms with van der Waals surface area (Å²) in [7, 11) is 0. The molecular formula is C26H17N5O3S. The van der Waals surface area contributed by atoms with E-state index in [0.29, 0.717) is 28.1 Å². The number of pyridine rings is 1. The summed E-state index contributed by atoms with van der Waals surface area (Å²) >= 11 is 1.25. The molecule has 3 heterocycles. The number of aromatic amines is 1. The van der Waals surface area contributed by atoms with E-state index in [2.05, 4.69) is 21.2 Å². The summed E-state index contributed by atoms with van der Waals surface area (Å²) < 4.78 is 5.92. The summed E-state index contributed by atoms with van der Waals surface area (Å²) in [5.74, 6) is 0.627. The van der Waals surface area contributed by atoms with Crippen molar-refractivity contribution in [1.29, 1.82) is 0 Å². The minimum Gasteiger partial charge on any atom is -0.410 e. The highest BCUT2D eigenvalue weighted by Gasteiger charge is 2.19. The molecule has 0 amide bonds. The Bertz CT molecular complexity index is 1690. The van der Waals surface area contributed by atoms with Crippen molar-refractivity contribution in [3.63, 3.8) is 0 Å². The van der Waals surface area contributed by atoms with E-state index in [0.717, 1.165) is 33.1 Å². The van der Waals surface area contributed by atoms with Crippen molar-refractivity contribution in [2.75, 3.05) is 0 Å². The summed E-state index contributed by atoms with van der Waals surface area (Å²) in [6.07, 6.45) is 0. The zero-order valence-electron chi connectivity index (χ0n) is 18.2. The van der Waals surface area contributed by atoms with E-state index in [9.17, 15) is 10.1 Å². The molecule has 0 saturated carbocycles. The standard InChI is InChI=1S/C26H17N5O3S/c32-31(33)22-13-7-4-10-17(22)15-35-26-30-29-25(34-26)21-14-19-18-11-5-6-12-20(18)27-24(19)23(28-21)16-8-2-1-3-9-16/h1-14,27H,15H2. The number of para-hydroxylation sites is 2. The van der Waals surface area contributed by atoms with Gasteiger partial charge in [-0.2, -0.15) is 0 Å². The third-order valence-electron chi connectivity index (χ3n) is 5.71. The lowest BCUT2D eigenvalue weighted by Crippen LogP contribution is -1.93. The number of nitro groups is 1. The highest BCUT2D eigenvalue weighted by Crippen LogP contribution is 2.35. The van der Waals surface area contributed by atoms with Crippen LogP contribution in [0.4, 0.5) is 5.69 Å². The second-order valence-corrected chi connectivity index (χ2v) is 8.79. The number of thioether (sulfide) groups is 1. The molecule has 0 unspecified atom stereocenters. The van der Waals surface area contributed by atoms with Crippen molar-refractivity contribution in [2.45, 2.75) is 11.0 Å². The number of benzene rings is 3. The van der Waals surface area contributed by atoms with Crippen molar-refractivity contribution in [3.05, 3.63) is 101 Å². The Kier molecular flexibility index (Phi) is 5.23. The van der Waals surface area contributed by atoms with Gasteiger partial charge in [-0.25, -0.2) is 4.98 Å². The highest BCUT2D eigenvalue weighted by atomic mass is 32.2. The Morgan fingerprint density at radius 1 is 0.914 bits per heavy atom. The second-order valence-electron chi connectivity index (χ2n) is 7.86. The number of aromatic nitrogens is 4. The molecule has 0 aliphatic carbocycles. The Labute approximate surface area is 203 Å². The number of nitro benzene ring substituents is 1. The smallest absolute Gasteiger partial charge is 0.277 e. The van der Waals surface area contributed by atoms with Gasteiger partial charge in [0, 0.05) is 39.2 Å². The van der Waals surface area contributed by atoms with Crippen LogP contribution in [0.5, 0.6) is 0 Å². The molecule has 8 nitrogen and oxygen atoms in total. The van der Waals surface area contributed by atoms with Crippen molar-refractivity contribution in [2.24, 2.45) is 0 Å². The molecule has 6 rings (SSSR count). The normalized spacial score (nSPS) is 11.3. The predicted octanol–water partition coefficient (Wildman–Crippen LogP) is 6.63. The van der Waals surface area contributed by atoms with Gasteiger partial charge >= 0.3 is 0 Å². The summed E-state index contributed by atoms with van der Waals surface area (Å²) in [5, 5.41) is 22.1. The second kappa shape index (κ2) is 8.69. The summed E-state index contributed by atoms with van der Waals surface area (Å²) in [5.41, 5.74) is 4.94. The average Bonchev–Trinajstić information content (AvgIpc) is 3.52. The maximum absolute atomic E-state index is 11.3. The number of nitrogens with one attached hydrogen (secondary N) is 1. The summed E-state index contributed by atoms with van der Waals surface area (Å²) in [6, 6.07) is 26.6. The van der Waals surface area contributed by atoms with E-state index in [1.54, 1.807) is 18.2 Å². The van der Waals surface area contributed by atoms with Crippen LogP contribution in [0.25, 0.3) is 44.6 Å². The third kappa shape index (κ3) is 3.91. The topological polar surface area (TPSA) is 111 Å². The van der Waals surface area contributed by atoms with Gasteiger partial charge in [-0.15, -0.1) is 10.2 Å². The third-order valence-corrected chi connectivity index (χ3v) is 6.58. The van der Waals surface area contributed by atoms with E-state index in [1.807, 2.05) is 54.6 Å². The number of rotatable bonds is 6. The van der Waals surface area contributed by atoms with Gasteiger partial charge < -0.3 is 9.40 Å². The fourth-order valence-corrected chi connectivity index (χ4v) is 4.84. The number of hydrogen-bond acceptors (Lipinski definition) is 7. The van der Waals surface area contributed by atoms with Gasteiger partial charge in [0.2, 0.25) is 0 Å². The molecule has 0 spiro atoms. The number of fused-ring (bicyclic) bond motifs is 3. The van der Waals surface area contributed by atoms with Gasteiger partial charge in [-0.05, 0) is 12.1 Å². The van der Waals surface area contributed by atoms with E-state index in [-0.39, 0.29) is 10.6 Å². The molecule has 0 aliphatic rings. The lowest BCUT2D eigenvalue weighted by atomic mass is 10.1. The van der Waals surface area contributed by atoms with Crippen LogP contribution in [0.2, 0.25) is 0 Å². The van der Waals surface area contributed by atoms with Crippen LogP contribution >= 0.6 is 11.8 Å². The van der Waals surface area contributed by atoms with Crippen molar-refractivity contribution < 1.29 is 9.34 Å². The van der Waals surface area contributed by atoms with Gasteiger partial charge in [0.1, 0.15) is 5.69 Å². The van der Waals surface area contributed by atoms with Crippen LogP contribution in [0, 0.1) is 10.1 Å². The highest BCUT2D eigenvalue weighted by molar-refractivity contribution is 7.98. The fraction of sp³-hybridized carbons (Fsp3) is 0.0385. The first kappa shape index (κ1) is 21.1. The van der Waals surface area contributed by atoms with Crippen LogP contribution < -0.4 is 0 Å². The molecule has 6 aromatic rings. The van der Waals surface area contributed by atoms with E-state index < -0.39 is 0 Å². The van der Waals surface area contributed by atoms with E-state index in [4.69, 9.17) is 9.40 Å². The molecule has 3 aromatic heterocycles. The predicted molar refractivity (Wildman–Crippen MR) is 135 cm³/mol. The van der Waals surface area contributed by atoms with E-state index >= 15 is 0 Å². The van der Waals surface area contributed by atoms with Crippen LogP contribution in [0.1, 0.15) is 5.56 Å². The lowest BCUT2D eigenvalue weighted by Gasteiger charge is -2.05. The summed E-state index contributed by atoms with van der Waals surface area (Å²) in [4.78, 5) is 19.3. The fourth-order valence-electron chi connectivity index (χ4n) is 4.08. The molecule has 0 bridgehead atoms. The number of hydrogen-bond donors (Lipinski definition) is 1. The maximum atomic E-state index is 11.3. The van der Waals surface area contributed by atoms with Gasteiger partial charge in [0.15, 0.2) is 0 Å². The largest absolute Gasteiger partial charge is 0.410 e. The molecule has 0 radical (unpaired) electrons. The quantitative estimate of drug-likeness (QED) is 0.162. The molecule has 9 heteroatoms. The van der Waals surface area contributed by atoms with Gasteiger partial charge in [-0.1, -0.05) is 78.5 Å². The first-order valence-corrected chi connectivity index (χ1v) is 11.8. The Hall–Kier alpha value is -4.50. The SMILES string of the molecule is O=[N+]([O-])c1ccccc1CSc1nnc(-c2cc3c([nH]c4ccccc43)c(-c3ccccc3)n2)o1. The zero-order chi connectivity index (χ0) is 23.8. The Balaban J connectivity index is 1.40. The number of nitrogens with zero attached hydrogens (tertiary/aromatic N) is 4. The molecule has 0 atom stereocenters. The molecule has 3 aromatic carbocycles. The molecule has 35 heavy (non-hydrogen) atoms. The van der Waals surface area contributed by atoms with Crippen LogP contribution in [0.15, 0.2) is 94.6 Å². The minimum absolute atomic E-state index is 0.0682. The maximum Gasteiger partial charge on any atom is 0.277 e. The monoisotopic (exact) mass is 479 g/mol. The first-order chi connectivity index (χ1) is 17.2. The number of H-pyrrole nitrogens is 1. The first-order valence-electron chi connectivity index (χ1n) is 10.8. The van der Waals surface area contributed by atoms with E-state index in [1.165, 1.54) is 17.8 Å². The lowest BCUT2D eigenvalue weighted by molar-refractivity contribution is -0.385. The van der Waals surface area contributed by atoms with Crippen molar-refractivity contribution in [3.8, 4) is 22.8 Å².